The first-order valence-electron chi connectivity index (χ1n) is 9.65. The molecule has 0 saturated heterocycles. The van der Waals surface area contributed by atoms with Crippen LogP contribution in [-0.4, -0.2) is 15.7 Å². The largest absolute Gasteiger partial charge is 0.0990 e. The lowest BCUT2D eigenvalue weighted by molar-refractivity contribution is 0.863. The summed E-state index contributed by atoms with van der Waals surface area (Å²) in [6, 6.07) is 14.6. The minimum Gasteiger partial charge on any atom is -0.0990 e. The third-order valence-electron chi connectivity index (χ3n) is 5.68. The molecule has 0 aliphatic heterocycles. The number of fused-ring (bicyclic) bond motifs is 2. The van der Waals surface area contributed by atoms with Crippen molar-refractivity contribution in [3.8, 4) is 11.1 Å². The number of hydrogen-bond acceptors (Lipinski definition) is 0. The van der Waals surface area contributed by atoms with E-state index >= 15 is 0 Å². The van der Waals surface area contributed by atoms with Crippen LogP contribution in [0.15, 0.2) is 67.8 Å². The molecule has 2 heteroatoms. The predicted octanol–water partition coefficient (Wildman–Crippen LogP) is 4.41. The molecule has 0 unspecified atom stereocenters. The average Bonchev–Trinajstić information content (AvgIpc) is 2.67. The minimum absolute atomic E-state index is 0.328. The molecule has 0 nitrogen and oxygen atoms in total. The minimum atomic E-state index is -1.10. The first kappa shape index (κ1) is 18.6. The number of rotatable bonds is 3. The van der Waals surface area contributed by atoms with Gasteiger partial charge in [0.15, 0.2) is 0 Å². The van der Waals surface area contributed by atoms with Gasteiger partial charge >= 0.3 is 0 Å². The van der Waals surface area contributed by atoms with E-state index in [-0.39, 0.29) is 0 Å². The van der Waals surface area contributed by atoms with Gasteiger partial charge in [-0.3, -0.25) is 0 Å². The molecule has 132 valence electrons. The van der Waals surface area contributed by atoms with Gasteiger partial charge in [0.1, 0.15) is 0 Å². The Morgan fingerprint density at radius 3 is 2.18 bits per heavy atom. The van der Waals surface area contributed by atoms with E-state index in [4.69, 9.17) is 15.7 Å². The summed E-state index contributed by atoms with van der Waals surface area (Å²) in [5.41, 5.74) is 5.46. The van der Waals surface area contributed by atoms with Gasteiger partial charge in [0.05, 0.1) is 15.7 Å². The monoisotopic (exact) mass is 356 g/mol. The van der Waals surface area contributed by atoms with Crippen molar-refractivity contribution in [1.82, 2.24) is 0 Å². The summed E-state index contributed by atoms with van der Waals surface area (Å²) in [6.45, 7) is 12.3. The zero-order valence-electron chi connectivity index (χ0n) is 16.5. The van der Waals surface area contributed by atoms with Crippen LogP contribution >= 0.6 is 0 Å². The third-order valence-corrected chi connectivity index (χ3v) is 5.68. The van der Waals surface area contributed by atoms with E-state index in [1.165, 1.54) is 16.5 Å². The predicted molar refractivity (Wildman–Crippen MR) is 124 cm³/mol. The van der Waals surface area contributed by atoms with Crippen molar-refractivity contribution < 1.29 is 0 Å². The molecule has 1 aliphatic rings. The Balaban J connectivity index is 2.43. The zero-order chi connectivity index (χ0) is 20.1. The van der Waals surface area contributed by atoms with Crippen LogP contribution < -0.4 is 10.4 Å². The summed E-state index contributed by atoms with van der Waals surface area (Å²) in [6.07, 6.45) is 7.72. The summed E-state index contributed by atoms with van der Waals surface area (Å²) in [4.78, 5) is 0. The van der Waals surface area contributed by atoms with Gasteiger partial charge in [-0.15, -0.1) is 0 Å². The van der Waals surface area contributed by atoms with Gasteiger partial charge in [-0.2, -0.15) is 0 Å². The third kappa shape index (κ3) is 2.48. The normalized spacial score (nSPS) is 15.7. The summed E-state index contributed by atoms with van der Waals surface area (Å²) >= 11 is 0. The molecule has 1 aliphatic carbocycles. The van der Waals surface area contributed by atoms with E-state index in [9.17, 15) is 0 Å². The van der Waals surface area contributed by atoms with E-state index < -0.39 is 5.21 Å². The first-order valence-corrected chi connectivity index (χ1v) is 9.65. The van der Waals surface area contributed by atoms with Crippen LogP contribution in [0.25, 0.3) is 34.1 Å². The Bertz CT molecular complexity index is 1240. The molecule has 28 heavy (non-hydrogen) atoms. The molecule has 4 rings (SSSR count). The van der Waals surface area contributed by atoms with Crippen LogP contribution in [0.4, 0.5) is 0 Å². The maximum absolute atomic E-state index is 6.87. The highest BCUT2D eigenvalue weighted by molar-refractivity contribution is 6.44. The molecule has 3 aromatic rings. The summed E-state index contributed by atoms with van der Waals surface area (Å²) in [7, 11) is 13.7. The van der Waals surface area contributed by atoms with Crippen LogP contribution in [0.2, 0.25) is 0 Å². The van der Waals surface area contributed by atoms with Gasteiger partial charge < -0.3 is 0 Å². The fourth-order valence-electron chi connectivity index (χ4n) is 4.68. The van der Waals surface area contributed by atoms with E-state index in [2.05, 4.69) is 57.3 Å². The second kappa shape index (κ2) is 6.71. The van der Waals surface area contributed by atoms with E-state index in [0.29, 0.717) is 5.92 Å². The van der Waals surface area contributed by atoms with Gasteiger partial charge in [0.25, 0.3) is 0 Å². The molecule has 0 bridgehead atoms. The van der Waals surface area contributed by atoms with Crippen molar-refractivity contribution in [2.24, 2.45) is 0 Å². The van der Waals surface area contributed by atoms with E-state index in [1.807, 2.05) is 30.4 Å². The van der Waals surface area contributed by atoms with Crippen molar-refractivity contribution >= 4 is 38.6 Å². The second-order valence-corrected chi connectivity index (χ2v) is 7.72. The number of allylic oxidation sites excluding steroid dienone is 2. The Kier molecular flexibility index (Phi) is 4.46. The van der Waals surface area contributed by atoms with Crippen molar-refractivity contribution in [1.29, 1.82) is 0 Å². The quantitative estimate of drug-likeness (QED) is 0.610. The molecule has 0 spiro atoms. The molecular weight excluding hydrogens is 334 g/mol. The molecule has 0 fully saturated rings. The van der Waals surface area contributed by atoms with Gasteiger partial charge in [-0.25, -0.2) is 0 Å². The van der Waals surface area contributed by atoms with Crippen LogP contribution in [0.1, 0.15) is 36.5 Å². The SMILES string of the molecule is [B]C1([B])c2ccccc2-c2cccc3c(C(C)C)c(=C/C=C)/c(=C\C=C)c1c23. The van der Waals surface area contributed by atoms with Crippen LogP contribution in [-0.2, 0) is 5.21 Å². The highest BCUT2D eigenvalue weighted by Gasteiger charge is 2.34. The van der Waals surface area contributed by atoms with Crippen LogP contribution in [0.3, 0.4) is 0 Å². The lowest BCUT2D eigenvalue weighted by atomic mass is 9.44. The standard InChI is InChI=1S/C26H22B2/c1-5-10-18-20(11-6-2)25-24-19(13-9-14-21(24)23(18)16(3)4)17-12-7-8-15-22(17)26(25,27)28/h5-16H,1-2H2,3-4H3/b18-10+,20-11+. The van der Waals surface area contributed by atoms with Crippen LogP contribution in [0, 0.1) is 0 Å². The van der Waals surface area contributed by atoms with Gasteiger partial charge in [0, 0.05) is 0 Å². The molecule has 0 N–H and O–H groups in total. The summed E-state index contributed by atoms with van der Waals surface area (Å²) in [5.74, 6) is 0.328. The Hall–Kier alpha value is -2.73. The maximum Gasteiger partial charge on any atom is 0.0746 e. The Morgan fingerprint density at radius 2 is 1.50 bits per heavy atom. The summed E-state index contributed by atoms with van der Waals surface area (Å²) < 4.78 is 0. The highest BCUT2D eigenvalue weighted by atomic mass is 14.3. The maximum atomic E-state index is 6.87. The Morgan fingerprint density at radius 1 is 0.857 bits per heavy atom. The topological polar surface area (TPSA) is 0 Å². The molecule has 0 heterocycles. The average molecular weight is 356 g/mol. The molecular formula is C26H22B2. The first-order chi connectivity index (χ1) is 13.4. The molecule has 4 radical (unpaired) electrons. The number of benzene rings is 3. The Labute approximate surface area is 169 Å². The molecule has 0 atom stereocenters. The van der Waals surface area contributed by atoms with Crippen molar-refractivity contribution in [3.63, 3.8) is 0 Å². The van der Waals surface area contributed by atoms with Gasteiger partial charge in [-0.1, -0.05) is 99.0 Å². The second-order valence-electron chi connectivity index (χ2n) is 7.72. The fourth-order valence-corrected chi connectivity index (χ4v) is 4.68. The van der Waals surface area contributed by atoms with Crippen molar-refractivity contribution in [2.45, 2.75) is 25.0 Å². The molecule has 3 aromatic carbocycles. The van der Waals surface area contributed by atoms with Crippen molar-refractivity contribution in [2.75, 3.05) is 0 Å². The van der Waals surface area contributed by atoms with E-state index in [0.717, 1.165) is 32.5 Å². The van der Waals surface area contributed by atoms with Gasteiger partial charge in [0.2, 0.25) is 0 Å². The highest BCUT2D eigenvalue weighted by Crippen LogP contribution is 2.45. The fraction of sp³-hybridized carbons (Fsp3) is 0.154. The summed E-state index contributed by atoms with van der Waals surface area (Å²) in [5, 5.41) is 3.38. The van der Waals surface area contributed by atoms with E-state index in [1.54, 1.807) is 6.08 Å². The van der Waals surface area contributed by atoms with Gasteiger partial charge in [-0.05, 0) is 54.9 Å². The molecule has 0 aromatic heterocycles. The zero-order valence-corrected chi connectivity index (χ0v) is 16.5. The lowest BCUT2D eigenvalue weighted by Gasteiger charge is -2.37. The smallest absolute Gasteiger partial charge is 0.0746 e. The molecule has 0 saturated carbocycles. The van der Waals surface area contributed by atoms with Crippen molar-refractivity contribution in [3.05, 3.63) is 94.9 Å². The number of hydrogen-bond donors (Lipinski definition) is 0. The molecule has 0 amide bonds. The van der Waals surface area contributed by atoms with Crippen LogP contribution in [0.5, 0.6) is 0 Å². The lowest BCUT2D eigenvalue weighted by Crippen LogP contribution is -2.44.